The number of carbonyl (C=O) groups excluding carboxylic acids is 2. The summed E-state index contributed by atoms with van der Waals surface area (Å²) in [6.45, 7) is 3.01. The van der Waals surface area contributed by atoms with Gasteiger partial charge in [0.25, 0.3) is 0 Å². The number of rotatable bonds is 1. The number of ketones is 1. The lowest BCUT2D eigenvalue weighted by Crippen LogP contribution is -2.11. The van der Waals surface area contributed by atoms with Gasteiger partial charge in [-0.1, -0.05) is 52.3 Å². The maximum absolute atomic E-state index is 9.77. The van der Waals surface area contributed by atoms with Gasteiger partial charge in [-0.15, -0.1) is 0 Å². The molecule has 0 bridgehead atoms. The van der Waals surface area contributed by atoms with Gasteiger partial charge in [0.05, 0.1) is 5.33 Å². The fraction of sp³-hybridized carbons (Fsp3) is 0.333. The molecule has 1 N–H and O–H groups in total. The quantitative estimate of drug-likeness (QED) is 0.807. The second-order valence-electron chi connectivity index (χ2n) is 2.80. The summed E-state index contributed by atoms with van der Waals surface area (Å²) in [5.74, 6) is 0.176. The van der Waals surface area contributed by atoms with Crippen molar-refractivity contribution in [1.82, 2.24) is 5.32 Å². The lowest BCUT2D eigenvalue weighted by molar-refractivity contribution is -0.118. The number of carbonyl (C=O) groups is 2. The summed E-state index contributed by atoms with van der Waals surface area (Å²) in [6.07, 6.45) is 0. The summed E-state index contributed by atoms with van der Waals surface area (Å²) in [6, 6.07) is 12.0. The van der Waals surface area contributed by atoms with Gasteiger partial charge in [0.2, 0.25) is 5.91 Å². The molecule has 0 aliphatic heterocycles. The predicted octanol–water partition coefficient (Wildman–Crippen LogP) is 2.41. The van der Waals surface area contributed by atoms with E-state index in [1.165, 1.54) is 13.8 Å². The molecule has 0 unspecified atom stereocenters. The van der Waals surface area contributed by atoms with E-state index in [2.05, 4.69) is 21.2 Å². The Morgan fingerprint density at radius 3 is 1.25 bits per heavy atom. The zero-order chi connectivity index (χ0) is 12.8. The number of hydrogen-bond acceptors (Lipinski definition) is 2. The second-order valence-corrected chi connectivity index (χ2v) is 3.36. The van der Waals surface area contributed by atoms with Gasteiger partial charge in [-0.2, -0.15) is 0 Å². The van der Waals surface area contributed by atoms with E-state index < -0.39 is 0 Å². The number of hydrogen-bond donors (Lipinski definition) is 1. The molecule has 16 heavy (non-hydrogen) atoms. The molecule has 0 aromatic heterocycles. The standard InChI is InChI=1S/C6H6.C3H5BrO.C3H7NO/c1-2-4-6-5-3-1;1-3(5)2-4;1-3(5)4-2/h1-6H;2H2,1H3;1-2H3,(H,4,5). The largest absolute Gasteiger partial charge is 0.359 e. The molecule has 0 heterocycles. The van der Waals surface area contributed by atoms with Crippen LogP contribution in [0.1, 0.15) is 13.8 Å². The second kappa shape index (κ2) is 13.8. The summed E-state index contributed by atoms with van der Waals surface area (Å²) < 4.78 is 0. The number of halogens is 1. The SMILES string of the molecule is CC(=O)CBr.CNC(C)=O.c1ccccc1. The maximum atomic E-state index is 9.77. The molecule has 1 rings (SSSR count). The molecular weight excluding hydrogens is 270 g/mol. The Hall–Kier alpha value is -1.16. The van der Waals surface area contributed by atoms with E-state index in [0.717, 1.165) is 0 Å². The van der Waals surface area contributed by atoms with Crippen LogP contribution in [0.25, 0.3) is 0 Å². The molecule has 1 aromatic rings. The van der Waals surface area contributed by atoms with Crippen LogP contribution in [0.5, 0.6) is 0 Å². The lowest BCUT2D eigenvalue weighted by atomic mass is 10.4. The molecule has 1 aromatic carbocycles. The molecule has 0 aliphatic rings. The zero-order valence-electron chi connectivity index (χ0n) is 9.87. The number of alkyl halides is 1. The van der Waals surface area contributed by atoms with Crippen molar-refractivity contribution in [2.24, 2.45) is 0 Å². The van der Waals surface area contributed by atoms with Crippen molar-refractivity contribution in [3.05, 3.63) is 36.4 Å². The molecule has 0 spiro atoms. The monoisotopic (exact) mass is 287 g/mol. The van der Waals surface area contributed by atoms with Gasteiger partial charge >= 0.3 is 0 Å². The van der Waals surface area contributed by atoms with E-state index in [-0.39, 0.29) is 11.7 Å². The third kappa shape index (κ3) is 23.0. The Morgan fingerprint density at radius 1 is 1.00 bits per heavy atom. The van der Waals surface area contributed by atoms with Crippen LogP contribution in [0.15, 0.2) is 36.4 Å². The number of nitrogens with one attached hydrogen (secondary N) is 1. The zero-order valence-corrected chi connectivity index (χ0v) is 11.5. The number of amides is 1. The van der Waals surface area contributed by atoms with Crippen LogP contribution in [0, 0.1) is 0 Å². The van der Waals surface area contributed by atoms with Crippen LogP contribution in [-0.4, -0.2) is 24.1 Å². The van der Waals surface area contributed by atoms with Crippen LogP contribution in [0.4, 0.5) is 0 Å². The summed E-state index contributed by atoms with van der Waals surface area (Å²) in [5.41, 5.74) is 0. The van der Waals surface area contributed by atoms with Crippen molar-refractivity contribution >= 4 is 27.6 Å². The van der Waals surface area contributed by atoms with E-state index >= 15 is 0 Å². The Morgan fingerprint density at radius 2 is 1.19 bits per heavy atom. The van der Waals surface area contributed by atoms with Crippen molar-refractivity contribution in [3.63, 3.8) is 0 Å². The highest BCUT2D eigenvalue weighted by atomic mass is 79.9. The van der Waals surface area contributed by atoms with Gasteiger partial charge in [0, 0.05) is 14.0 Å². The minimum Gasteiger partial charge on any atom is -0.359 e. The molecule has 0 atom stereocenters. The first-order valence-corrected chi connectivity index (χ1v) is 5.90. The fourth-order valence-corrected chi connectivity index (χ4v) is 0.385. The van der Waals surface area contributed by atoms with Crippen LogP contribution < -0.4 is 5.32 Å². The molecule has 3 nitrogen and oxygen atoms in total. The average molecular weight is 288 g/mol. The Bertz CT molecular complexity index is 235. The molecule has 1 amide bonds. The molecule has 0 aliphatic carbocycles. The predicted molar refractivity (Wildman–Crippen MR) is 70.7 cm³/mol. The van der Waals surface area contributed by atoms with Crippen LogP contribution in [0.3, 0.4) is 0 Å². The van der Waals surface area contributed by atoms with Crippen molar-refractivity contribution in [3.8, 4) is 0 Å². The summed E-state index contributed by atoms with van der Waals surface area (Å²) in [7, 11) is 1.60. The smallest absolute Gasteiger partial charge is 0.216 e. The molecule has 0 saturated heterocycles. The summed E-state index contributed by atoms with van der Waals surface area (Å²) in [4.78, 5) is 19.5. The third-order valence-electron chi connectivity index (χ3n) is 1.21. The van der Waals surface area contributed by atoms with E-state index in [1.54, 1.807) is 7.05 Å². The molecule has 90 valence electrons. The highest BCUT2D eigenvalue weighted by Crippen LogP contribution is 1.79. The summed E-state index contributed by atoms with van der Waals surface area (Å²) >= 11 is 2.96. The average Bonchev–Trinajstić information content (AvgIpc) is 2.32. The van der Waals surface area contributed by atoms with E-state index in [1.807, 2.05) is 36.4 Å². The van der Waals surface area contributed by atoms with Gasteiger partial charge < -0.3 is 5.32 Å². The molecular formula is C12H18BrNO2. The normalized spacial score (nSPS) is 7.50. The molecule has 0 fully saturated rings. The van der Waals surface area contributed by atoms with Crippen LogP contribution in [0.2, 0.25) is 0 Å². The lowest BCUT2D eigenvalue weighted by Gasteiger charge is -1.80. The minimum atomic E-state index is 0.00463. The molecule has 4 heteroatoms. The number of benzene rings is 1. The fourth-order valence-electron chi connectivity index (χ4n) is 0.385. The highest BCUT2D eigenvalue weighted by Gasteiger charge is 1.78. The number of Topliss-reactive ketones (excluding diaryl/α,β-unsaturated/α-hetero) is 1. The third-order valence-corrected chi connectivity index (χ3v) is 2.00. The first-order valence-electron chi connectivity index (χ1n) is 4.78. The first-order chi connectivity index (χ1) is 7.54. The van der Waals surface area contributed by atoms with E-state index in [0.29, 0.717) is 5.33 Å². The van der Waals surface area contributed by atoms with Crippen molar-refractivity contribution in [1.29, 1.82) is 0 Å². The van der Waals surface area contributed by atoms with Crippen LogP contribution >= 0.6 is 15.9 Å². The van der Waals surface area contributed by atoms with Crippen LogP contribution in [-0.2, 0) is 9.59 Å². The summed E-state index contributed by atoms with van der Waals surface area (Å²) in [5, 5.41) is 2.87. The minimum absolute atomic E-state index is 0.00463. The maximum Gasteiger partial charge on any atom is 0.216 e. The highest BCUT2D eigenvalue weighted by molar-refractivity contribution is 9.09. The van der Waals surface area contributed by atoms with Crippen molar-refractivity contribution in [2.75, 3.05) is 12.4 Å². The van der Waals surface area contributed by atoms with Crippen molar-refractivity contribution < 1.29 is 9.59 Å². The Kier molecular flexibility index (Phi) is 14.9. The molecule has 0 saturated carbocycles. The van der Waals surface area contributed by atoms with Crippen molar-refractivity contribution in [2.45, 2.75) is 13.8 Å². The Balaban J connectivity index is 0. The first kappa shape index (κ1) is 17.2. The van der Waals surface area contributed by atoms with Gasteiger partial charge in [-0.3, -0.25) is 9.59 Å². The topological polar surface area (TPSA) is 46.2 Å². The van der Waals surface area contributed by atoms with Gasteiger partial charge in [-0.25, -0.2) is 0 Å². The van der Waals surface area contributed by atoms with Gasteiger partial charge in [0.15, 0.2) is 0 Å². The Labute approximate surface area is 105 Å². The van der Waals surface area contributed by atoms with Gasteiger partial charge in [-0.05, 0) is 6.92 Å². The van der Waals surface area contributed by atoms with E-state index in [9.17, 15) is 9.59 Å². The molecule has 0 radical (unpaired) electrons. The van der Waals surface area contributed by atoms with E-state index in [4.69, 9.17) is 0 Å². The van der Waals surface area contributed by atoms with Gasteiger partial charge in [0.1, 0.15) is 5.78 Å².